The molecule has 3 aromatic rings. The number of benzene rings is 3. The van der Waals surface area contributed by atoms with Gasteiger partial charge in [-0.3, -0.25) is 4.79 Å². The Morgan fingerprint density at radius 1 is 1.10 bits per heavy atom. The third-order valence-electron chi connectivity index (χ3n) is 4.72. The lowest BCUT2D eigenvalue weighted by Crippen LogP contribution is -2.13. The van der Waals surface area contributed by atoms with Gasteiger partial charge in [-0.05, 0) is 48.9 Å². The Bertz CT molecular complexity index is 1180. The monoisotopic (exact) mass is 412 g/mol. The van der Waals surface area contributed by atoms with Gasteiger partial charge >= 0.3 is 0 Å². The summed E-state index contributed by atoms with van der Waals surface area (Å²) in [6, 6.07) is 22.2. The summed E-state index contributed by atoms with van der Waals surface area (Å²) < 4.78 is 16.7. The summed E-state index contributed by atoms with van der Waals surface area (Å²) in [7, 11) is 0. The van der Waals surface area contributed by atoms with E-state index < -0.39 is 5.91 Å². The molecule has 0 saturated heterocycles. The van der Waals surface area contributed by atoms with Gasteiger partial charge in [-0.15, -0.1) is 0 Å². The van der Waals surface area contributed by atoms with Crippen LogP contribution in [0, 0.1) is 18.3 Å². The minimum Gasteiger partial charge on any atom is -0.488 e. The van der Waals surface area contributed by atoms with Gasteiger partial charge in [-0.1, -0.05) is 42.0 Å². The molecule has 6 heteroatoms. The highest BCUT2D eigenvalue weighted by atomic mass is 16.7. The molecule has 4 rings (SSSR count). The first kappa shape index (κ1) is 20.0. The Kier molecular flexibility index (Phi) is 5.86. The Morgan fingerprint density at radius 2 is 1.87 bits per heavy atom. The van der Waals surface area contributed by atoms with Crippen molar-refractivity contribution in [2.45, 2.75) is 13.5 Å². The maximum atomic E-state index is 12.6. The number of nitrogens with one attached hydrogen (secondary N) is 1. The number of carbonyl (C=O) groups is 1. The molecule has 1 heterocycles. The molecule has 0 unspecified atom stereocenters. The standard InChI is InChI=1S/C25H20N2O4/c1-17-6-9-21(10-7-17)27-25(28)20(14-26)13-19-4-2-3-5-22(19)29-15-18-8-11-23-24(12-18)31-16-30-23/h2-13H,15-16H2,1H3,(H,27,28)/b20-13-. The number of rotatable bonds is 6. The smallest absolute Gasteiger partial charge is 0.266 e. The predicted octanol–water partition coefficient (Wildman–Crippen LogP) is 4.85. The second-order valence-corrected chi connectivity index (χ2v) is 7.00. The van der Waals surface area contributed by atoms with E-state index in [0.29, 0.717) is 35.1 Å². The lowest BCUT2D eigenvalue weighted by molar-refractivity contribution is -0.112. The number of amides is 1. The van der Waals surface area contributed by atoms with Crippen molar-refractivity contribution in [1.82, 2.24) is 0 Å². The number of hydrogen-bond donors (Lipinski definition) is 1. The van der Waals surface area contributed by atoms with Crippen LogP contribution in [-0.2, 0) is 11.4 Å². The number of carbonyl (C=O) groups excluding carboxylic acids is 1. The molecule has 0 spiro atoms. The van der Waals surface area contributed by atoms with Crippen LogP contribution in [0.15, 0.2) is 72.3 Å². The Morgan fingerprint density at radius 3 is 2.68 bits per heavy atom. The van der Waals surface area contributed by atoms with E-state index >= 15 is 0 Å². The van der Waals surface area contributed by atoms with Gasteiger partial charge in [0.05, 0.1) is 0 Å². The maximum absolute atomic E-state index is 12.6. The molecule has 0 radical (unpaired) electrons. The van der Waals surface area contributed by atoms with Crippen molar-refractivity contribution in [3.05, 3.63) is 89.0 Å². The molecule has 1 amide bonds. The minimum atomic E-state index is -0.475. The molecule has 0 saturated carbocycles. The summed E-state index contributed by atoms with van der Waals surface area (Å²) >= 11 is 0. The number of anilines is 1. The summed E-state index contributed by atoms with van der Waals surface area (Å²) in [6.07, 6.45) is 1.53. The van der Waals surface area contributed by atoms with Crippen LogP contribution in [0.2, 0.25) is 0 Å². The van der Waals surface area contributed by atoms with Crippen LogP contribution in [0.25, 0.3) is 6.08 Å². The van der Waals surface area contributed by atoms with Gasteiger partial charge < -0.3 is 19.5 Å². The normalized spacial score (nSPS) is 12.2. The van der Waals surface area contributed by atoms with Crippen LogP contribution in [0.4, 0.5) is 5.69 Å². The van der Waals surface area contributed by atoms with Crippen molar-refractivity contribution >= 4 is 17.7 Å². The lowest BCUT2D eigenvalue weighted by Gasteiger charge is -2.10. The van der Waals surface area contributed by atoms with Crippen LogP contribution in [0.1, 0.15) is 16.7 Å². The highest BCUT2D eigenvalue weighted by Gasteiger charge is 2.14. The summed E-state index contributed by atoms with van der Waals surface area (Å²) in [5.74, 6) is 1.49. The number of fused-ring (bicyclic) bond motifs is 1. The number of aryl methyl sites for hydroxylation is 1. The van der Waals surface area contributed by atoms with Crippen molar-refractivity contribution < 1.29 is 19.0 Å². The van der Waals surface area contributed by atoms with Gasteiger partial charge in [0.1, 0.15) is 24.0 Å². The summed E-state index contributed by atoms with van der Waals surface area (Å²) in [5, 5.41) is 12.3. The van der Waals surface area contributed by atoms with Crippen LogP contribution in [-0.4, -0.2) is 12.7 Å². The quantitative estimate of drug-likeness (QED) is 0.462. The Labute approximate surface area is 180 Å². The average molecular weight is 412 g/mol. The fourth-order valence-corrected chi connectivity index (χ4v) is 3.06. The maximum Gasteiger partial charge on any atom is 0.266 e. The molecule has 6 nitrogen and oxygen atoms in total. The number of ether oxygens (including phenoxy) is 3. The minimum absolute atomic E-state index is 0.0142. The second-order valence-electron chi connectivity index (χ2n) is 7.00. The summed E-state index contributed by atoms with van der Waals surface area (Å²) in [4.78, 5) is 12.6. The molecular weight excluding hydrogens is 392 g/mol. The van der Waals surface area contributed by atoms with E-state index in [9.17, 15) is 10.1 Å². The number of hydrogen-bond acceptors (Lipinski definition) is 5. The summed E-state index contributed by atoms with van der Waals surface area (Å²) in [6.45, 7) is 2.49. The zero-order valence-electron chi connectivity index (χ0n) is 16.9. The molecule has 1 aliphatic heterocycles. The SMILES string of the molecule is Cc1ccc(NC(=O)/C(C#N)=C\c2ccccc2OCc2ccc3c(c2)OCO3)cc1. The van der Waals surface area contributed by atoms with E-state index in [-0.39, 0.29) is 12.4 Å². The molecule has 1 N–H and O–H groups in total. The van der Waals surface area contributed by atoms with Crippen molar-refractivity contribution in [3.63, 3.8) is 0 Å². The third kappa shape index (κ3) is 4.85. The van der Waals surface area contributed by atoms with Crippen LogP contribution in [0.3, 0.4) is 0 Å². The molecule has 0 fully saturated rings. The van der Waals surface area contributed by atoms with E-state index in [4.69, 9.17) is 14.2 Å². The zero-order valence-corrected chi connectivity index (χ0v) is 16.9. The highest BCUT2D eigenvalue weighted by Crippen LogP contribution is 2.33. The molecule has 3 aromatic carbocycles. The first-order valence-corrected chi connectivity index (χ1v) is 9.72. The van der Waals surface area contributed by atoms with Gasteiger partial charge in [0.25, 0.3) is 5.91 Å². The highest BCUT2D eigenvalue weighted by molar-refractivity contribution is 6.09. The predicted molar refractivity (Wildman–Crippen MR) is 117 cm³/mol. The van der Waals surface area contributed by atoms with E-state index in [1.807, 2.05) is 55.5 Å². The van der Waals surface area contributed by atoms with E-state index in [0.717, 1.165) is 11.1 Å². The molecule has 0 bridgehead atoms. The largest absolute Gasteiger partial charge is 0.488 e. The van der Waals surface area contributed by atoms with Crippen LogP contribution < -0.4 is 19.5 Å². The van der Waals surface area contributed by atoms with Crippen molar-refractivity contribution in [1.29, 1.82) is 5.26 Å². The molecule has 31 heavy (non-hydrogen) atoms. The second kappa shape index (κ2) is 9.06. The molecule has 0 aromatic heterocycles. The van der Waals surface area contributed by atoms with Gasteiger partial charge in [-0.25, -0.2) is 0 Å². The first-order chi connectivity index (χ1) is 15.1. The van der Waals surface area contributed by atoms with Crippen molar-refractivity contribution in [2.75, 3.05) is 12.1 Å². The lowest BCUT2D eigenvalue weighted by atomic mass is 10.1. The van der Waals surface area contributed by atoms with Crippen molar-refractivity contribution in [2.24, 2.45) is 0 Å². The number of nitrogens with zero attached hydrogens (tertiary/aromatic N) is 1. The average Bonchev–Trinajstić information content (AvgIpc) is 3.26. The molecule has 1 aliphatic rings. The third-order valence-corrected chi connectivity index (χ3v) is 4.72. The van der Waals surface area contributed by atoms with Gasteiger partial charge in [0.2, 0.25) is 6.79 Å². The zero-order chi connectivity index (χ0) is 21.6. The van der Waals surface area contributed by atoms with Crippen molar-refractivity contribution in [3.8, 4) is 23.3 Å². The summed E-state index contributed by atoms with van der Waals surface area (Å²) in [5.41, 5.74) is 3.26. The first-order valence-electron chi connectivity index (χ1n) is 9.72. The van der Waals surface area contributed by atoms with Gasteiger partial charge in [0, 0.05) is 11.3 Å². The molecular formula is C25H20N2O4. The number of nitriles is 1. The van der Waals surface area contributed by atoms with Crippen LogP contribution in [0.5, 0.6) is 17.2 Å². The fraction of sp³-hybridized carbons (Fsp3) is 0.120. The fourth-order valence-electron chi connectivity index (χ4n) is 3.06. The van der Waals surface area contributed by atoms with E-state index in [2.05, 4.69) is 5.32 Å². The molecule has 0 aliphatic carbocycles. The van der Waals surface area contributed by atoms with Gasteiger partial charge in [0.15, 0.2) is 11.5 Å². The molecule has 0 atom stereocenters. The van der Waals surface area contributed by atoms with Gasteiger partial charge in [-0.2, -0.15) is 5.26 Å². The topological polar surface area (TPSA) is 80.6 Å². The number of para-hydroxylation sites is 1. The van der Waals surface area contributed by atoms with Crippen LogP contribution >= 0.6 is 0 Å². The Balaban J connectivity index is 1.49. The molecule has 154 valence electrons. The Hall–Kier alpha value is -4.24. The van der Waals surface area contributed by atoms with E-state index in [1.54, 1.807) is 24.3 Å². The van der Waals surface area contributed by atoms with E-state index in [1.165, 1.54) is 6.08 Å².